The molecule has 0 spiro atoms. The van der Waals surface area contributed by atoms with Crippen molar-refractivity contribution in [3.63, 3.8) is 0 Å². The number of benzene rings is 1. The summed E-state index contributed by atoms with van der Waals surface area (Å²) < 4.78 is 29.5. The van der Waals surface area contributed by atoms with E-state index in [4.69, 9.17) is 0 Å². The van der Waals surface area contributed by atoms with Gasteiger partial charge in [-0.25, -0.2) is 13.4 Å². The number of nitrogens with one attached hydrogen (secondary N) is 1. The molecule has 1 saturated heterocycles. The molecule has 12 heteroatoms. The third-order valence-corrected chi connectivity index (χ3v) is 8.15. The molecule has 10 nitrogen and oxygen atoms in total. The Hall–Kier alpha value is -3.51. The van der Waals surface area contributed by atoms with Crippen LogP contribution in [-0.4, -0.2) is 65.0 Å². The van der Waals surface area contributed by atoms with E-state index in [0.29, 0.717) is 43.2 Å². The van der Waals surface area contributed by atoms with Crippen molar-refractivity contribution in [1.29, 1.82) is 0 Å². The van der Waals surface area contributed by atoms with Gasteiger partial charge < -0.3 is 9.80 Å². The summed E-state index contributed by atoms with van der Waals surface area (Å²) in [5.74, 6) is 1.31. The van der Waals surface area contributed by atoms with E-state index < -0.39 is 10.0 Å². The lowest BCUT2D eigenvalue weighted by atomic mass is 10.1. The molecule has 170 valence electrons. The van der Waals surface area contributed by atoms with Crippen LogP contribution in [0.25, 0.3) is 5.78 Å². The zero-order valence-corrected chi connectivity index (χ0v) is 19.4. The van der Waals surface area contributed by atoms with Gasteiger partial charge >= 0.3 is 0 Å². The zero-order valence-electron chi connectivity index (χ0n) is 17.7. The highest BCUT2D eigenvalue weighted by atomic mass is 32.2. The van der Waals surface area contributed by atoms with E-state index in [1.807, 2.05) is 13.0 Å². The van der Waals surface area contributed by atoms with Crippen LogP contribution < -0.4 is 9.62 Å². The topological polar surface area (TPSA) is 113 Å². The molecule has 0 unspecified atom stereocenters. The predicted molar refractivity (Wildman–Crippen MR) is 125 cm³/mol. The SMILES string of the molecule is Cc1cc(N2CCN(C(=O)c3cccc(NS(=O)(=O)c4cccs4)c3)CC2)n2ncnc2n1. The van der Waals surface area contributed by atoms with Crippen LogP contribution in [0, 0.1) is 6.92 Å². The molecule has 4 aromatic rings. The van der Waals surface area contributed by atoms with Crippen LogP contribution in [0.3, 0.4) is 0 Å². The second-order valence-electron chi connectivity index (χ2n) is 7.63. The lowest BCUT2D eigenvalue weighted by molar-refractivity contribution is 0.0746. The van der Waals surface area contributed by atoms with Gasteiger partial charge in [-0.3, -0.25) is 9.52 Å². The number of carbonyl (C=O) groups excluding carboxylic acids is 1. The standard InChI is InChI=1S/C21H21N7O3S2/c1-15-12-18(28-21(24-15)22-14-23-28)26-7-9-27(10-8-26)20(29)16-4-2-5-17(13-16)25-33(30,31)19-6-3-11-32-19/h2-6,11-14,25H,7-10H2,1H3. The van der Waals surface area contributed by atoms with Crippen molar-refractivity contribution < 1.29 is 13.2 Å². The Bertz CT molecular complexity index is 1410. The van der Waals surface area contributed by atoms with Gasteiger partial charge in [0, 0.05) is 49.2 Å². The molecule has 0 radical (unpaired) electrons. The first-order valence-corrected chi connectivity index (χ1v) is 12.6. The maximum Gasteiger partial charge on any atom is 0.271 e. The van der Waals surface area contributed by atoms with E-state index in [9.17, 15) is 13.2 Å². The minimum Gasteiger partial charge on any atom is -0.353 e. The van der Waals surface area contributed by atoms with Crippen molar-refractivity contribution in [2.75, 3.05) is 35.8 Å². The Kier molecular flexibility index (Phi) is 5.46. The van der Waals surface area contributed by atoms with Gasteiger partial charge in [0.1, 0.15) is 16.4 Å². The zero-order chi connectivity index (χ0) is 23.0. The molecule has 3 aromatic heterocycles. The summed E-state index contributed by atoms with van der Waals surface area (Å²) in [6.07, 6.45) is 1.48. The molecule has 0 saturated carbocycles. The van der Waals surface area contributed by atoms with E-state index in [-0.39, 0.29) is 10.1 Å². The highest BCUT2D eigenvalue weighted by Gasteiger charge is 2.25. The maximum absolute atomic E-state index is 13.1. The molecule has 0 atom stereocenters. The quantitative estimate of drug-likeness (QED) is 0.463. The number of fused-ring (bicyclic) bond motifs is 1. The number of hydrogen-bond acceptors (Lipinski definition) is 8. The molecular formula is C21H21N7O3S2. The molecule has 1 fully saturated rings. The van der Waals surface area contributed by atoms with E-state index in [1.54, 1.807) is 51.2 Å². The number of sulfonamides is 1. The fourth-order valence-electron chi connectivity index (χ4n) is 3.80. The third-order valence-electron chi connectivity index (χ3n) is 5.37. The lowest BCUT2D eigenvalue weighted by Gasteiger charge is -2.36. The summed E-state index contributed by atoms with van der Waals surface area (Å²) in [7, 11) is -3.67. The van der Waals surface area contributed by atoms with E-state index in [0.717, 1.165) is 22.8 Å². The van der Waals surface area contributed by atoms with Crippen molar-refractivity contribution in [2.24, 2.45) is 0 Å². The number of aromatic nitrogens is 4. The summed E-state index contributed by atoms with van der Waals surface area (Å²) in [5, 5.41) is 5.96. The second-order valence-corrected chi connectivity index (χ2v) is 10.5. The average molecular weight is 484 g/mol. The number of piperazine rings is 1. The first-order chi connectivity index (χ1) is 15.9. The molecule has 0 aliphatic carbocycles. The minimum atomic E-state index is -3.67. The number of anilines is 2. The number of aryl methyl sites for hydroxylation is 1. The monoisotopic (exact) mass is 483 g/mol. The van der Waals surface area contributed by atoms with Crippen molar-refractivity contribution in [2.45, 2.75) is 11.1 Å². The summed E-state index contributed by atoms with van der Waals surface area (Å²) >= 11 is 1.14. The van der Waals surface area contributed by atoms with Crippen LogP contribution in [0.15, 0.2) is 58.4 Å². The van der Waals surface area contributed by atoms with Crippen LogP contribution >= 0.6 is 11.3 Å². The fourth-order valence-corrected chi connectivity index (χ4v) is 5.84. The summed E-state index contributed by atoms with van der Waals surface area (Å²) in [5.41, 5.74) is 1.65. The number of rotatable bonds is 5. The van der Waals surface area contributed by atoms with Crippen molar-refractivity contribution in [1.82, 2.24) is 24.5 Å². The smallest absolute Gasteiger partial charge is 0.271 e. The first kappa shape index (κ1) is 21.3. The van der Waals surface area contributed by atoms with Crippen LogP contribution in [0.2, 0.25) is 0 Å². The van der Waals surface area contributed by atoms with Crippen molar-refractivity contribution in [3.05, 3.63) is 65.4 Å². The summed E-state index contributed by atoms with van der Waals surface area (Å²) in [6, 6.07) is 11.8. The van der Waals surface area contributed by atoms with Gasteiger partial charge in [0.05, 0.1) is 0 Å². The molecule has 1 N–H and O–H groups in total. The maximum atomic E-state index is 13.1. The molecular weight excluding hydrogens is 462 g/mol. The van der Waals surface area contributed by atoms with Gasteiger partial charge in [0.25, 0.3) is 21.7 Å². The van der Waals surface area contributed by atoms with Gasteiger partial charge in [-0.2, -0.15) is 14.6 Å². The number of thiophene rings is 1. The fraction of sp³-hybridized carbons (Fsp3) is 0.238. The highest BCUT2D eigenvalue weighted by molar-refractivity contribution is 7.94. The summed E-state index contributed by atoms with van der Waals surface area (Å²) in [4.78, 5) is 25.6. The van der Waals surface area contributed by atoms with Gasteiger partial charge in [-0.05, 0) is 36.6 Å². The molecule has 1 amide bonds. The van der Waals surface area contributed by atoms with Gasteiger partial charge in [-0.1, -0.05) is 12.1 Å². The Morgan fingerprint density at radius 3 is 2.67 bits per heavy atom. The molecule has 4 heterocycles. The summed E-state index contributed by atoms with van der Waals surface area (Å²) in [6.45, 7) is 4.24. The van der Waals surface area contributed by atoms with Crippen LogP contribution in [0.5, 0.6) is 0 Å². The van der Waals surface area contributed by atoms with E-state index in [2.05, 4.69) is 24.7 Å². The van der Waals surface area contributed by atoms with Gasteiger partial charge in [0.2, 0.25) is 0 Å². The predicted octanol–water partition coefficient (Wildman–Crippen LogP) is 2.26. The molecule has 1 aliphatic rings. The van der Waals surface area contributed by atoms with Crippen molar-refractivity contribution in [3.8, 4) is 0 Å². The largest absolute Gasteiger partial charge is 0.353 e. The number of nitrogens with zero attached hydrogens (tertiary/aromatic N) is 6. The third kappa shape index (κ3) is 4.26. The Balaban J connectivity index is 1.28. The van der Waals surface area contributed by atoms with Crippen LogP contribution in [0.1, 0.15) is 16.1 Å². The van der Waals surface area contributed by atoms with E-state index in [1.165, 1.54) is 6.33 Å². The van der Waals surface area contributed by atoms with Crippen LogP contribution in [0.4, 0.5) is 11.5 Å². The van der Waals surface area contributed by atoms with Gasteiger partial charge in [0.15, 0.2) is 0 Å². The Morgan fingerprint density at radius 2 is 1.91 bits per heavy atom. The Morgan fingerprint density at radius 1 is 1.09 bits per heavy atom. The van der Waals surface area contributed by atoms with Gasteiger partial charge in [-0.15, -0.1) is 11.3 Å². The lowest BCUT2D eigenvalue weighted by Crippen LogP contribution is -2.49. The van der Waals surface area contributed by atoms with Crippen molar-refractivity contribution >= 4 is 44.6 Å². The minimum absolute atomic E-state index is 0.136. The van der Waals surface area contributed by atoms with E-state index >= 15 is 0 Å². The molecule has 0 bridgehead atoms. The number of hydrogen-bond donors (Lipinski definition) is 1. The number of carbonyl (C=O) groups is 1. The molecule has 33 heavy (non-hydrogen) atoms. The first-order valence-electron chi connectivity index (χ1n) is 10.3. The molecule has 5 rings (SSSR count). The second kappa shape index (κ2) is 8.45. The normalized spacial score (nSPS) is 14.6. The highest BCUT2D eigenvalue weighted by Crippen LogP contribution is 2.22. The molecule has 1 aromatic carbocycles. The van der Waals surface area contributed by atoms with Crippen LogP contribution in [-0.2, 0) is 10.0 Å². The average Bonchev–Trinajstić information content (AvgIpc) is 3.51. The Labute approximate surface area is 194 Å². The molecule has 1 aliphatic heterocycles. The number of amides is 1.